The third-order valence-corrected chi connectivity index (χ3v) is 5.74. The van der Waals surface area contributed by atoms with E-state index in [0.717, 1.165) is 34.8 Å². The summed E-state index contributed by atoms with van der Waals surface area (Å²) in [5.41, 5.74) is 0. The van der Waals surface area contributed by atoms with Gasteiger partial charge in [-0.05, 0) is 22.4 Å². The first-order chi connectivity index (χ1) is 8.31. The Morgan fingerprint density at radius 1 is 1.53 bits per heavy atom. The average Bonchev–Trinajstić information content (AvgIpc) is 2.39. The minimum absolute atomic E-state index is 0.448. The van der Waals surface area contributed by atoms with Crippen molar-refractivity contribution < 1.29 is 0 Å². The van der Waals surface area contributed by atoms with Gasteiger partial charge < -0.3 is 5.32 Å². The van der Waals surface area contributed by atoms with Crippen LogP contribution >= 0.6 is 39.5 Å². The lowest BCUT2D eigenvalue weighted by atomic mass is 10.4. The van der Waals surface area contributed by atoms with Crippen molar-refractivity contribution >= 4 is 45.3 Å². The molecule has 0 spiro atoms. The van der Waals surface area contributed by atoms with Gasteiger partial charge in [-0.15, -0.1) is 11.8 Å². The summed E-state index contributed by atoms with van der Waals surface area (Å²) in [4.78, 5) is 9.07. The molecule has 1 aliphatic rings. The maximum atomic E-state index is 4.63. The summed E-state index contributed by atoms with van der Waals surface area (Å²) in [6, 6.07) is 0. The highest BCUT2D eigenvalue weighted by Crippen LogP contribution is 2.35. The van der Waals surface area contributed by atoms with Gasteiger partial charge in [-0.1, -0.05) is 6.92 Å². The number of hydrogen-bond donors (Lipinski definition) is 1. The van der Waals surface area contributed by atoms with Crippen LogP contribution in [0.2, 0.25) is 0 Å². The highest BCUT2D eigenvalue weighted by molar-refractivity contribution is 9.10. The van der Waals surface area contributed by atoms with E-state index in [9.17, 15) is 0 Å². The molecule has 1 aromatic heterocycles. The molecule has 1 aromatic rings. The van der Waals surface area contributed by atoms with Gasteiger partial charge in [-0.25, -0.2) is 9.97 Å². The minimum Gasteiger partial charge on any atom is -0.369 e. The number of thioether (sulfide) groups is 2. The second-order valence-electron chi connectivity index (χ2n) is 3.79. The van der Waals surface area contributed by atoms with Gasteiger partial charge >= 0.3 is 0 Å². The van der Waals surface area contributed by atoms with E-state index in [2.05, 4.69) is 38.1 Å². The maximum absolute atomic E-state index is 4.63. The van der Waals surface area contributed by atoms with Crippen LogP contribution in [-0.4, -0.2) is 33.8 Å². The molecule has 1 saturated heterocycles. The molecular formula is C11H16BrN3S2. The van der Waals surface area contributed by atoms with Gasteiger partial charge in [0.2, 0.25) is 0 Å². The van der Waals surface area contributed by atoms with Gasteiger partial charge in [0.15, 0.2) is 0 Å². The predicted octanol–water partition coefficient (Wildman–Crippen LogP) is 3.58. The van der Waals surface area contributed by atoms with Crippen LogP contribution in [-0.2, 0) is 0 Å². The largest absolute Gasteiger partial charge is 0.369 e. The zero-order chi connectivity index (χ0) is 12.1. The molecule has 2 rings (SSSR count). The smallest absolute Gasteiger partial charge is 0.144 e. The molecule has 0 aliphatic carbocycles. The van der Waals surface area contributed by atoms with Gasteiger partial charge in [0, 0.05) is 30.0 Å². The Labute approximate surface area is 119 Å². The van der Waals surface area contributed by atoms with Crippen molar-refractivity contribution in [2.24, 2.45) is 0 Å². The quantitative estimate of drug-likeness (QED) is 0.911. The zero-order valence-electron chi connectivity index (χ0n) is 9.78. The number of halogens is 1. The van der Waals surface area contributed by atoms with E-state index >= 15 is 0 Å². The molecule has 94 valence electrons. The molecule has 2 heterocycles. The Morgan fingerprint density at radius 2 is 2.41 bits per heavy atom. The van der Waals surface area contributed by atoms with E-state index < -0.39 is 0 Å². The van der Waals surface area contributed by atoms with Gasteiger partial charge in [0.25, 0.3) is 0 Å². The second-order valence-corrected chi connectivity index (χ2v) is 7.10. The Balaban J connectivity index is 2.11. The molecule has 17 heavy (non-hydrogen) atoms. The average molecular weight is 334 g/mol. The van der Waals surface area contributed by atoms with Crippen molar-refractivity contribution in [2.75, 3.05) is 29.1 Å². The zero-order valence-corrected chi connectivity index (χ0v) is 13.0. The van der Waals surface area contributed by atoms with E-state index in [0.29, 0.717) is 5.25 Å². The van der Waals surface area contributed by atoms with Gasteiger partial charge in [0.1, 0.15) is 11.6 Å². The maximum Gasteiger partial charge on any atom is 0.144 e. The fourth-order valence-corrected chi connectivity index (χ4v) is 4.48. The molecule has 6 heteroatoms. The van der Waals surface area contributed by atoms with Crippen LogP contribution < -0.4 is 5.32 Å². The Kier molecular flexibility index (Phi) is 5.44. The number of nitrogens with one attached hydrogen (secondary N) is 1. The highest BCUT2D eigenvalue weighted by Gasteiger charge is 2.20. The molecule has 0 aromatic carbocycles. The molecule has 1 atom stereocenters. The standard InChI is InChI=1S/C11H16BrN3S2/c1-2-3-13-10-8(12)6-14-11(15-10)9-7-16-4-5-17-9/h6,9H,2-5,7H2,1H3,(H,13,14,15). The lowest BCUT2D eigenvalue weighted by Gasteiger charge is -2.20. The third-order valence-electron chi connectivity index (χ3n) is 2.41. The number of nitrogens with zero attached hydrogens (tertiary/aromatic N) is 2. The van der Waals surface area contributed by atoms with Crippen LogP contribution in [0.25, 0.3) is 0 Å². The fourth-order valence-electron chi connectivity index (χ4n) is 1.54. The second kappa shape index (κ2) is 6.85. The van der Waals surface area contributed by atoms with E-state index in [-0.39, 0.29) is 0 Å². The first-order valence-electron chi connectivity index (χ1n) is 5.77. The molecule has 0 amide bonds. The molecule has 1 N–H and O–H groups in total. The first kappa shape index (κ1) is 13.5. The van der Waals surface area contributed by atoms with Crippen LogP contribution in [0.3, 0.4) is 0 Å². The SMILES string of the molecule is CCCNc1nc(C2CSCCS2)ncc1Br. The monoisotopic (exact) mass is 333 g/mol. The van der Waals surface area contributed by atoms with Crippen molar-refractivity contribution in [2.45, 2.75) is 18.6 Å². The molecule has 1 unspecified atom stereocenters. The Morgan fingerprint density at radius 3 is 3.12 bits per heavy atom. The van der Waals surface area contributed by atoms with Crippen LogP contribution in [0, 0.1) is 0 Å². The van der Waals surface area contributed by atoms with Crippen LogP contribution in [0.5, 0.6) is 0 Å². The Bertz CT molecular complexity index is 370. The first-order valence-corrected chi connectivity index (χ1v) is 8.76. The summed E-state index contributed by atoms with van der Waals surface area (Å²) in [7, 11) is 0. The molecule has 0 saturated carbocycles. The summed E-state index contributed by atoms with van der Waals surface area (Å²) in [6.45, 7) is 3.10. The summed E-state index contributed by atoms with van der Waals surface area (Å²) >= 11 is 7.44. The normalized spacial score (nSPS) is 20.2. The van der Waals surface area contributed by atoms with Gasteiger partial charge in [0.05, 0.1) is 9.72 Å². The topological polar surface area (TPSA) is 37.8 Å². The van der Waals surface area contributed by atoms with Gasteiger partial charge in [-0.2, -0.15) is 11.8 Å². The van der Waals surface area contributed by atoms with E-state index in [1.165, 1.54) is 11.5 Å². The van der Waals surface area contributed by atoms with Crippen LogP contribution in [0.1, 0.15) is 24.4 Å². The minimum atomic E-state index is 0.448. The fraction of sp³-hybridized carbons (Fsp3) is 0.636. The number of anilines is 1. The van der Waals surface area contributed by atoms with E-state index in [4.69, 9.17) is 0 Å². The van der Waals surface area contributed by atoms with Crippen molar-refractivity contribution in [1.29, 1.82) is 0 Å². The van der Waals surface area contributed by atoms with Crippen molar-refractivity contribution in [3.8, 4) is 0 Å². The molecule has 1 aliphatic heterocycles. The lowest BCUT2D eigenvalue weighted by molar-refractivity contribution is 0.901. The number of aromatic nitrogens is 2. The van der Waals surface area contributed by atoms with Crippen LogP contribution in [0.15, 0.2) is 10.7 Å². The van der Waals surface area contributed by atoms with E-state index in [1.807, 2.05) is 29.7 Å². The summed E-state index contributed by atoms with van der Waals surface area (Å²) in [5, 5.41) is 3.78. The van der Waals surface area contributed by atoms with Crippen molar-refractivity contribution in [3.05, 3.63) is 16.5 Å². The van der Waals surface area contributed by atoms with E-state index in [1.54, 1.807) is 0 Å². The Hall–Kier alpha value is 0.0600. The van der Waals surface area contributed by atoms with Crippen LogP contribution in [0.4, 0.5) is 5.82 Å². The summed E-state index contributed by atoms with van der Waals surface area (Å²) < 4.78 is 0.947. The highest BCUT2D eigenvalue weighted by atomic mass is 79.9. The molecule has 1 fully saturated rings. The number of rotatable bonds is 4. The summed E-state index contributed by atoms with van der Waals surface area (Å²) in [5.74, 6) is 5.46. The van der Waals surface area contributed by atoms with Crippen molar-refractivity contribution in [3.63, 3.8) is 0 Å². The molecule has 3 nitrogen and oxygen atoms in total. The third kappa shape index (κ3) is 3.76. The predicted molar refractivity (Wildman–Crippen MR) is 81.0 cm³/mol. The summed E-state index contributed by atoms with van der Waals surface area (Å²) in [6.07, 6.45) is 2.96. The number of hydrogen-bond acceptors (Lipinski definition) is 5. The molecule has 0 radical (unpaired) electrons. The molecule has 0 bridgehead atoms. The molecular weight excluding hydrogens is 318 g/mol. The lowest BCUT2D eigenvalue weighted by Crippen LogP contribution is -2.12. The van der Waals surface area contributed by atoms with Crippen molar-refractivity contribution in [1.82, 2.24) is 9.97 Å². The van der Waals surface area contributed by atoms with Gasteiger partial charge in [-0.3, -0.25) is 0 Å².